The summed E-state index contributed by atoms with van der Waals surface area (Å²) in [6.07, 6.45) is 0. The molecule has 0 aromatic heterocycles. The average molecular weight is 394 g/mol. The van der Waals surface area contributed by atoms with Crippen LogP contribution >= 0.6 is 0 Å². The van der Waals surface area contributed by atoms with Crippen molar-refractivity contribution in [2.45, 2.75) is 0 Å². The van der Waals surface area contributed by atoms with Crippen molar-refractivity contribution in [1.29, 1.82) is 0 Å². The highest BCUT2D eigenvalue weighted by Gasteiger charge is 2.17. The number of carbonyl (C=O) groups is 2. The normalized spacial score (nSPS) is 10.5. The van der Waals surface area contributed by atoms with E-state index in [0.717, 1.165) is 0 Å². The van der Waals surface area contributed by atoms with Gasteiger partial charge in [0.15, 0.2) is 11.6 Å². The van der Waals surface area contributed by atoms with Crippen molar-refractivity contribution in [1.82, 2.24) is 0 Å². The van der Waals surface area contributed by atoms with Crippen molar-refractivity contribution in [3.8, 4) is 22.6 Å². The molecule has 4 aromatic carbocycles. The molecule has 4 heteroatoms. The molecular weight excluding hydrogens is 376 g/mol. The number of ketones is 2. The quantitative estimate of drug-likeness (QED) is 0.455. The monoisotopic (exact) mass is 394 g/mol. The Balaban J connectivity index is 1.77. The van der Waals surface area contributed by atoms with Gasteiger partial charge in [0.25, 0.3) is 0 Å². The van der Waals surface area contributed by atoms with E-state index in [9.17, 15) is 19.8 Å². The van der Waals surface area contributed by atoms with Crippen LogP contribution in [0.4, 0.5) is 0 Å². The lowest BCUT2D eigenvalue weighted by atomic mass is 9.94. The van der Waals surface area contributed by atoms with Crippen LogP contribution in [0.5, 0.6) is 11.5 Å². The van der Waals surface area contributed by atoms with E-state index in [1.807, 2.05) is 12.1 Å². The van der Waals surface area contributed by atoms with Crippen molar-refractivity contribution in [2.24, 2.45) is 0 Å². The number of hydrogen-bond acceptors (Lipinski definition) is 4. The van der Waals surface area contributed by atoms with Crippen LogP contribution in [-0.4, -0.2) is 21.8 Å². The standard InChI is InChI=1S/C26H18O4/c27-23-13-11-19(25(29)17-7-3-1-4-8-17)15-21(23)22-16-20(12-14-24(22)28)26(30)18-9-5-2-6-10-18/h1-16,27-28H. The molecule has 0 saturated heterocycles. The Labute approximate surface area is 173 Å². The molecule has 0 atom stereocenters. The van der Waals surface area contributed by atoms with Gasteiger partial charge in [-0.25, -0.2) is 0 Å². The zero-order chi connectivity index (χ0) is 21.1. The van der Waals surface area contributed by atoms with Gasteiger partial charge < -0.3 is 10.2 Å². The van der Waals surface area contributed by atoms with Crippen LogP contribution in [0.2, 0.25) is 0 Å². The minimum Gasteiger partial charge on any atom is -0.507 e. The van der Waals surface area contributed by atoms with Crippen LogP contribution in [0.15, 0.2) is 97.1 Å². The van der Waals surface area contributed by atoms with Crippen LogP contribution in [0.1, 0.15) is 31.8 Å². The third kappa shape index (κ3) is 3.71. The lowest BCUT2D eigenvalue weighted by molar-refractivity contribution is 0.103. The van der Waals surface area contributed by atoms with E-state index in [-0.39, 0.29) is 34.2 Å². The van der Waals surface area contributed by atoms with E-state index in [4.69, 9.17) is 0 Å². The molecule has 4 nitrogen and oxygen atoms in total. The number of rotatable bonds is 5. The summed E-state index contributed by atoms with van der Waals surface area (Å²) in [7, 11) is 0. The zero-order valence-electron chi connectivity index (χ0n) is 15.9. The maximum atomic E-state index is 12.8. The van der Waals surface area contributed by atoms with Gasteiger partial charge in [-0.05, 0) is 36.4 Å². The predicted molar refractivity (Wildman–Crippen MR) is 115 cm³/mol. The molecule has 2 N–H and O–H groups in total. The molecule has 146 valence electrons. The van der Waals surface area contributed by atoms with Crippen molar-refractivity contribution < 1.29 is 19.8 Å². The topological polar surface area (TPSA) is 74.6 Å². The minimum atomic E-state index is -0.201. The first kappa shape index (κ1) is 19.2. The first-order valence-electron chi connectivity index (χ1n) is 9.40. The molecule has 4 rings (SSSR count). The van der Waals surface area contributed by atoms with Gasteiger partial charge >= 0.3 is 0 Å². The second-order valence-corrected chi connectivity index (χ2v) is 6.85. The predicted octanol–water partition coefficient (Wildman–Crippen LogP) is 5.23. The van der Waals surface area contributed by atoms with E-state index in [0.29, 0.717) is 22.3 Å². The van der Waals surface area contributed by atoms with Crippen LogP contribution in [0, 0.1) is 0 Å². The molecule has 0 spiro atoms. The molecule has 0 bridgehead atoms. The third-order valence-electron chi connectivity index (χ3n) is 4.88. The second kappa shape index (κ2) is 8.05. The minimum absolute atomic E-state index is 0.0979. The van der Waals surface area contributed by atoms with Gasteiger partial charge in [0.1, 0.15) is 11.5 Å². The van der Waals surface area contributed by atoms with Gasteiger partial charge in [-0.15, -0.1) is 0 Å². The molecule has 0 unspecified atom stereocenters. The lowest BCUT2D eigenvalue weighted by Gasteiger charge is -2.11. The van der Waals surface area contributed by atoms with Gasteiger partial charge in [-0.2, -0.15) is 0 Å². The molecular formula is C26H18O4. The van der Waals surface area contributed by atoms with Crippen LogP contribution < -0.4 is 0 Å². The third-order valence-corrected chi connectivity index (χ3v) is 4.88. The van der Waals surface area contributed by atoms with E-state index < -0.39 is 0 Å². The van der Waals surface area contributed by atoms with Crippen LogP contribution in [0.3, 0.4) is 0 Å². The molecule has 30 heavy (non-hydrogen) atoms. The van der Waals surface area contributed by atoms with Gasteiger partial charge in [-0.1, -0.05) is 60.7 Å². The maximum absolute atomic E-state index is 12.8. The van der Waals surface area contributed by atoms with Crippen LogP contribution in [0.25, 0.3) is 11.1 Å². The van der Waals surface area contributed by atoms with Crippen molar-refractivity contribution in [3.05, 3.63) is 119 Å². The highest BCUT2D eigenvalue weighted by molar-refractivity contribution is 6.11. The van der Waals surface area contributed by atoms with E-state index in [1.54, 1.807) is 48.5 Å². The summed E-state index contributed by atoms with van der Waals surface area (Å²) >= 11 is 0. The SMILES string of the molecule is O=C(c1ccccc1)c1ccc(O)c(-c2cc(C(=O)c3ccccc3)ccc2O)c1. The smallest absolute Gasteiger partial charge is 0.193 e. The Hall–Kier alpha value is -4.18. The number of aromatic hydroxyl groups is 2. The Bertz CT molecular complexity index is 1130. The molecule has 0 aliphatic heterocycles. The molecule has 0 amide bonds. The molecule has 4 aromatic rings. The highest BCUT2D eigenvalue weighted by Crippen LogP contribution is 2.37. The summed E-state index contributed by atoms with van der Waals surface area (Å²) in [6.45, 7) is 0. The zero-order valence-corrected chi connectivity index (χ0v) is 15.9. The van der Waals surface area contributed by atoms with Gasteiger partial charge in [0, 0.05) is 33.4 Å². The van der Waals surface area contributed by atoms with Crippen molar-refractivity contribution in [2.75, 3.05) is 0 Å². The maximum Gasteiger partial charge on any atom is 0.193 e. The highest BCUT2D eigenvalue weighted by atomic mass is 16.3. The first-order chi connectivity index (χ1) is 14.5. The Morgan fingerprint density at radius 1 is 0.467 bits per heavy atom. The summed E-state index contributed by atoms with van der Waals surface area (Å²) in [5, 5.41) is 20.8. The summed E-state index contributed by atoms with van der Waals surface area (Å²) in [5.74, 6) is -0.598. The average Bonchev–Trinajstić information content (AvgIpc) is 2.80. The number of phenols is 2. The molecule has 0 saturated carbocycles. The van der Waals surface area contributed by atoms with E-state index in [2.05, 4.69) is 0 Å². The summed E-state index contributed by atoms with van der Waals surface area (Å²) in [6, 6.07) is 26.6. The van der Waals surface area contributed by atoms with E-state index in [1.165, 1.54) is 36.4 Å². The van der Waals surface area contributed by atoms with Gasteiger partial charge in [-0.3, -0.25) is 9.59 Å². The number of carbonyl (C=O) groups excluding carboxylic acids is 2. The summed E-state index contributed by atoms with van der Waals surface area (Å²) in [5.41, 5.74) is 2.33. The van der Waals surface area contributed by atoms with Gasteiger partial charge in [0.2, 0.25) is 0 Å². The Kier molecular flexibility index (Phi) is 5.14. The fraction of sp³-hybridized carbons (Fsp3) is 0. The summed E-state index contributed by atoms with van der Waals surface area (Å²) in [4.78, 5) is 25.6. The second-order valence-electron chi connectivity index (χ2n) is 6.85. The van der Waals surface area contributed by atoms with Crippen molar-refractivity contribution >= 4 is 11.6 Å². The fourth-order valence-corrected chi connectivity index (χ4v) is 3.30. The van der Waals surface area contributed by atoms with E-state index >= 15 is 0 Å². The van der Waals surface area contributed by atoms with Crippen LogP contribution in [-0.2, 0) is 0 Å². The summed E-state index contributed by atoms with van der Waals surface area (Å²) < 4.78 is 0. The fourth-order valence-electron chi connectivity index (χ4n) is 3.30. The molecule has 0 heterocycles. The lowest BCUT2D eigenvalue weighted by Crippen LogP contribution is -2.02. The first-order valence-corrected chi connectivity index (χ1v) is 9.40. The number of hydrogen-bond donors (Lipinski definition) is 2. The number of benzene rings is 4. The molecule has 0 aliphatic rings. The molecule has 0 radical (unpaired) electrons. The number of phenolic OH excluding ortho intramolecular Hbond substituents is 2. The Morgan fingerprint density at radius 2 is 0.833 bits per heavy atom. The molecule has 0 fully saturated rings. The van der Waals surface area contributed by atoms with Gasteiger partial charge in [0.05, 0.1) is 0 Å². The Morgan fingerprint density at radius 3 is 1.20 bits per heavy atom. The largest absolute Gasteiger partial charge is 0.507 e. The molecule has 0 aliphatic carbocycles. The van der Waals surface area contributed by atoms with Crippen molar-refractivity contribution in [3.63, 3.8) is 0 Å².